The summed E-state index contributed by atoms with van der Waals surface area (Å²) in [7, 11) is 0. The quantitative estimate of drug-likeness (QED) is 0.184. The Bertz CT molecular complexity index is 3720. The van der Waals surface area contributed by atoms with Gasteiger partial charge in [0.25, 0.3) is 0 Å². The molecule has 0 N–H and O–H groups in total. The Hall–Kier alpha value is -7.50. The van der Waals surface area contributed by atoms with Crippen LogP contribution in [-0.4, -0.2) is 18.9 Å². The van der Waals surface area contributed by atoms with Gasteiger partial charge in [-0.1, -0.05) is 127 Å². The first kappa shape index (κ1) is 29.0. The molecule has 0 aliphatic rings. The molecule has 13 rings (SSSR count). The molecule has 0 bridgehead atoms. The van der Waals surface area contributed by atoms with Gasteiger partial charge in [0.1, 0.15) is 5.58 Å². The minimum Gasteiger partial charge on any atom is -0.437 e. The van der Waals surface area contributed by atoms with Crippen LogP contribution in [0.3, 0.4) is 0 Å². The average Bonchev–Trinajstić information content (AvgIpc) is 3.98. The smallest absolute Gasteiger partial charge is 0.238 e. The zero-order valence-corrected chi connectivity index (χ0v) is 29.4. The van der Waals surface area contributed by atoms with Gasteiger partial charge in [0, 0.05) is 43.3 Å². The molecule has 0 unspecified atom stereocenters. The molecular weight excluding hydrogens is 673 g/mol. The minimum atomic E-state index is 0.567. The van der Waals surface area contributed by atoms with Crippen molar-refractivity contribution >= 4 is 92.7 Å². The Balaban J connectivity index is 1.23. The predicted molar refractivity (Wildman–Crippen MR) is 227 cm³/mol. The number of para-hydroxylation sites is 3. The van der Waals surface area contributed by atoms with Gasteiger partial charge >= 0.3 is 0 Å². The molecule has 0 saturated carbocycles. The van der Waals surface area contributed by atoms with E-state index in [1.807, 2.05) is 12.1 Å². The number of furan rings is 1. The SMILES string of the molecule is c1ccc(-c2ccc3c(c2)c2c4c5ccccc5n5c6ccccc6c(cc2n3-c2nc(-c3ccc6ccccc6c3)c3c(n2)oc2ccccc23)c45)cc1. The Morgan fingerprint density at radius 2 is 1.11 bits per heavy atom. The van der Waals surface area contributed by atoms with Crippen molar-refractivity contribution in [2.24, 2.45) is 0 Å². The molecule has 0 amide bonds. The molecule has 0 spiro atoms. The Morgan fingerprint density at radius 1 is 0.400 bits per heavy atom. The number of aromatic nitrogens is 4. The highest BCUT2D eigenvalue weighted by molar-refractivity contribution is 6.36. The molecule has 0 atom stereocenters. The highest BCUT2D eigenvalue weighted by atomic mass is 16.3. The molecule has 0 aliphatic carbocycles. The first-order valence-corrected chi connectivity index (χ1v) is 18.7. The van der Waals surface area contributed by atoms with Crippen LogP contribution in [-0.2, 0) is 0 Å². The summed E-state index contributed by atoms with van der Waals surface area (Å²) in [5.41, 5.74) is 11.3. The van der Waals surface area contributed by atoms with Crippen LogP contribution in [0.4, 0.5) is 0 Å². The average molecular weight is 701 g/mol. The van der Waals surface area contributed by atoms with Gasteiger partial charge in [-0.15, -0.1) is 0 Å². The van der Waals surface area contributed by atoms with Crippen LogP contribution in [0, 0.1) is 0 Å². The summed E-state index contributed by atoms with van der Waals surface area (Å²) in [5, 5.41) is 11.5. The van der Waals surface area contributed by atoms with E-state index in [0.29, 0.717) is 11.7 Å². The lowest BCUT2D eigenvalue weighted by atomic mass is 9.99. The highest BCUT2D eigenvalue weighted by Gasteiger charge is 2.26. The van der Waals surface area contributed by atoms with Gasteiger partial charge in [-0.25, -0.2) is 4.98 Å². The third kappa shape index (κ3) is 3.86. The fraction of sp³-hybridized carbons (Fsp3) is 0. The molecule has 0 aliphatic heterocycles. The van der Waals surface area contributed by atoms with Gasteiger partial charge in [0.2, 0.25) is 11.7 Å². The maximum atomic E-state index is 6.59. The summed E-state index contributed by atoms with van der Waals surface area (Å²) >= 11 is 0. The van der Waals surface area contributed by atoms with Crippen LogP contribution in [0.1, 0.15) is 0 Å². The standard InChI is InChI=1S/C50H28N4O/c1-2-12-29(13-3-1)32-24-25-41-38(27-32)44-42(28-37-34-16-6-9-19-39(34)53-40-20-10-7-17-35(40)45(44)48(37)53)54(41)50-51-47(33-23-22-30-14-4-5-15-31(30)26-33)46-36-18-8-11-21-43(36)55-49(46)52-50/h1-28H. The van der Waals surface area contributed by atoms with E-state index in [4.69, 9.17) is 14.4 Å². The lowest BCUT2D eigenvalue weighted by Crippen LogP contribution is -2.03. The molecule has 254 valence electrons. The molecule has 5 heterocycles. The second-order valence-electron chi connectivity index (χ2n) is 14.6. The molecule has 8 aromatic carbocycles. The number of hydrogen-bond acceptors (Lipinski definition) is 3. The molecule has 13 aromatic rings. The topological polar surface area (TPSA) is 48.3 Å². The summed E-state index contributed by atoms with van der Waals surface area (Å²) in [6.07, 6.45) is 0. The number of hydrogen-bond donors (Lipinski definition) is 0. The van der Waals surface area contributed by atoms with Gasteiger partial charge in [-0.3, -0.25) is 4.57 Å². The first-order valence-electron chi connectivity index (χ1n) is 18.7. The summed E-state index contributed by atoms with van der Waals surface area (Å²) in [4.78, 5) is 10.9. The van der Waals surface area contributed by atoms with Gasteiger partial charge in [0.15, 0.2) is 0 Å². The number of benzene rings is 8. The van der Waals surface area contributed by atoms with Crippen molar-refractivity contribution in [2.45, 2.75) is 0 Å². The maximum absolute atomic E-state index is 6.59. The van der Waals surface area contributed by atoms with E-state index in [9.17, 15) is 0 Å². The normalized spacial score (nSPS) is 12.4. The third-order valence-electron chi connectivity index (χ3n) is 11.7. The zero-order valence-electron chi connectivity index (χ0n) is 29.4. The van der Waals surface area contributed by atoms with Gasteiger partial charge in [0.05, 0.1) is 38.7 Å². The van der Waals surface area contributed by atoms with Crippen LogP contribution >= 0.6 is 0 Å². The molecule has 55 heavy (non-hydrogen) atoms. The van der Waals surface area contributed by atoms with Crippen LogP contribution < -0.4 is 0 Å². The first-order chi connectivity index (χ1) is 27.3. The van der Waals surface area contributed by atoms with Crippen LogP contribution in [0.25, 0.3) is 121 Å². The molecule has 5 aromatic heterocycles. The van der Waals surface area contributed by atoms with E-state index in [-0.39, 0.29) is 0 Å². The monoisotopic (exact) mass is 700 g/mol. The number of fused-ring (bicyclic) bond motifs is 14. The molecular formula is C50H28N4O. The molecule has 0 saturated heterocycles. The van der Waals surface area contributed by atoms with Crippen molar-refractivity contribution in [1.29, 1.82) is 0 Å². The summed E-state index contributed by atoms with van der Waals surface area (Å²) < 4.78 is 11.3. The molecule has 0 radical (unpaired) electrons. The largest absolute Gasteiger partial charge is 0.437 e. The van der Waals surface area contributed by atoms with Crippen LogP contribution in [0.5, 0.6) is 0 Å². The highest BCUT2D eigenvalue weighted by Crippen LogP contribution is 2.47. The second-order valence-corrected chi connectivity index (χ2v) is 14.6. The van der Waals surface area contributed by atoms with E-state index in [1.165, 1.54) is 54.4 Å². The summed E-state index contributed by atoms with van der Waals surface area (Å²) in [6.45, 7) is 0. The second kappa shape index (κ2) is 10.6. The van der Waals surface area contributed by atoms with Crippen molar-refractivity contribution in [2.75, 3.05) is 0 Å². The van der Waals surface area contributed by atoms with E-state index in [0.717, 1.165) is 55.0 Å². The summed E-state index contributed by atoms with van der Waals surface area (Å²) in [5.74, 6) is 0.573. The van der Waals surface area contributed by atoms with Gasteiger partial charge in [-0.05, 0) is 64.4 Å². The van der Waals surface area contributed by atoms with Crippen LogP contribution in [0.2, 0.25) is 0 Å². The van der Waals surface area contributed by atoms with Crippen molar-refractivity contribution in [3.63, 3.8) is 0 Å². The Labute approximate surface area is 313 Å². The van der Waals surface area contributed by atoms with Crippen LogP contribution in [0.15, 0.2) is 174 Å². The van der Waals surface area contributed by atoms with Gasteiger partial charge in [-0.2, -0.15) is 4.98 Å². The van der Waals surface area contributed by atoms with E-state index < -0.39 is 0 Å². The maximum Gasteiger partial charge on any atom is 0.238 e. The van der Waals surface area contributed by atoms with Crippen molar-refractivity contribution in [1.82, 2.24) is 18.9 Å². The lowest BCUT2D eigenvalue weighted by Gasteiger charge is -2.11. The van der Waals surface area contributed by atoms with E-state index in [2.05, 4.69) is 167 Å². The predicted octanol–water partition coefficient (Wildman–Crippen LogP) is 13.1. The minimum absolute atomic E-state index is 0.567. The van der Waals surface area contributed by atoms with Gasteiger partial charge < -0.3 is 8.82 Å². The summed E-state index contributed by atoms with van der Waals surface area (Å²) in [6, 6.07) is 60.6. The fourth-order valence-corrected chi connectivity index (χ4v) is 9.30. The molecule has 5 heteroatoms. The number of nitrogens with zero attached hydrogens (tertiary/aromatic N) is 4. The third-order valence-corrected chi connectivity index (χ3v) is 11.7. The fourth-order valence-electron chi connectivity index (χ4n) is 9.30. The van der Waals surface area contributed by atoms with E-state index in [1.54, 1.807) is 0 Å². The van der Waals surface area contributed by atoms with Crippen molar-refractivity contribution in [3.05, 3.63) is 170 Å². The number of rotatable bonds is 3. The molecule has 5 nitrogen and oxygen atoms in total. The Kier molecular flexibility index (Phi) is 5.57. The molecule has 0 fully saturated rings. The van der Waals surface area contributed by atoms with E-state index >= 15 is 0 Å². The lowest BCUT2D eigenvalue weighted by molar-refractivity contribution is 0.651. The zero-order chi connectivity index (χ0) is 35.8. The van der Waals surface area contributed by atoms with Crippen molar-refractivity contribution in [3.8, 4) is 28.3 Å². The van der Waals surface area contributed by atoms with Crippen molar-refractivity contribution < 1.29 is 4.42 Å². The Morgan fingerprint density at radius 3 is 1.98 bits per heavy atom.